The van der Waals surface area contributed by atoms with Gasteiger partial charge in [0.1, 0.15) is 11.6 Å². The molecule has 0 aliphatic rings. The van der Waals surface area contributed by atoms with Gasteiger partial charge in [0.2, 0.25) is 0 Å². The number of nitrogens with one attached hydrogen (secondary N) is 1. The number of rotatable bonds is 4. The quantitative estimate of drug-likeness (QED) is 0.724. The Labute approximate surface area is 126 Å². The maximum atomic E-state index is 14.2. The molecule has 21 heavy (non-hydrogen) atoms. The third-order valence-electron chi connectivity index (χ3n) is 3.52. The van der Waals surface area contributed by atoms with Crippen LogP contribution in [0.1, 0.15) is 24.1 Å². The molecular formula is C17H15F2NS. The summed E-state index contributed by atoms with van der Waals surface area (Å²) in [7, 11) is 0. The van der Waals surface area contributed by atoms with Gasteiger partial charge in [-0.25, -0.2) is 8.78 Å². The van der Waals surface area contributed by atoms with E-state index in [4.69, 9.17) is 0 Å². The normalized spacial score (nSPS) is 12.7. The zero-order valence-corrected chi connectivity index (χ0v) is 12.4. The van der Waals surface area contributed by atoms with Gasteiger partial charge in [-0.2, -0.15) is 0 Å². The minimum Gasteiger partial charge on any atom is -0.306 e. The molecule has 1 aromatic heterocycles. The van der Waals surface area contributed by atoms with Crippen LogP contribution in [0, 0.1) is 11.6 Å². The van der Waals surface area contributed by atoms with Crippen molar-refractivity contribution in [1.29, 1.82) is 0 Å². The van der Waals surface area contributed by atoms with Gasteiger partial charge in [0.25, 0.3) is 0 Å². The lowest BCUT2D eigenvalue weighted by atomic mass is 9.96. The molecule has 3 rings (SSSR count). The Hall–Kier alpha value is -1.78. The van der Waals surface area contributed by atoms with Crippen LogP contribution in [0.3, 0.4) is 0 Å². The van der Waals surface area contributed by atoms with Crippen LogP contribution in [-0.4, -0.2) is 6.54 Å². The van der Waals surface area contributed by atoms with Crippen LogP contribution in [-0.2, 0) is 0 Å². The largest absolute Gasteiger partial charge is 0.306 e. The van der Waals surface area contributed by atoms with E-state index in [9.17, 15) is 8.78 Å². The van der Waals surface area contributed by atoms with E-state index in [2.05, 4.69) is 5.32 Å². The Balaban J connectivity index is 2.21. The van der Waals surface area contributed by atoms with Gasteiger partial charge in [0.05, 0.1) is 6.04 Å². The second-order valence-electron chi connectivity index (χ2n) is 4.81. The van der Waals surface area contributed by atoms with Crippen LogP contribution < -0.4 is 5.32 Å². The molecule has 1 N–H and O–H groups in total. The molecule has 0 bridgehead atoms. The van der Waals surface area contributed by atoms with Crippen molar-refractivity contribution in [2.24, 2.45) is 0 Å². The van der Waals surface area contributed by atoms with E-state index < -0.39 is 17.7 Å². The molecule has 3 aromatic rings. The number of benzene rings is 2. The summed E-state index contributed by atoms with van der Waals surface area (Å²) in [6.07, 6.45) is 0. The maximum absolute atomic E-state index is 14.2. The highest BCUT2D eigenvalue weighted by molar-refractivity contribution is 7.17. The molecule has 1 heterocycles. The standard InChI is InChI=1S/C17H15F2NS/c1-2-20-16(15-13(18)7-4-8-14(15)19)12-6-3-5-11-9-10-21-17(11)12/h3-10,16,20H,2H2,1H3. The lowest BCUT2D eigenvalue weighted by Gasteiger charge is -2.21. The summed E-state index contributed by atoms with van der Waals surface area (Å²) in [5.74, 6) is -1.04. The predicted molar refractivity (Wildman–Crippen MR) is 83.7 cm³/mol. The van der Waals surface area contributed by atoms with Crippen molar-refractivity contribution >= 4 is 21.4 Å². The van der Waals surface area contributed by atoms with E-state index in [1.165, 1.54) is 18.2 Å². The second kappa shape index (κ2) is 5.92. The molecule has 1 nitrogen and oxygen atoms in total. The molecule has 2 aromatic carbocycles. The van der Waals surface area contributed by atoms with Crippen LogP contribution in [0.15, 0.2) is 47.8 Å². The number of hydrogen-bond acceptors (Lipinski definition) is 2. The Morgan fingerprint density at radius 3 is 2.48 bits per heavy atom. The van der Waals surface area contributed by atoms with Crippen molar-refractivity contribution in [3.8, 4) is 0 Å². The highest BCUT2D eigenvalue weighted by atomic mass is 32.1. The monoisotopic (exact) mass is 303 g/mol. The molecule has 0 radical (unpaired) electrons. The van der Waals surface area contributed by atoms with E-state index in [-0.39, 0.29) is 5.56 Å². The minimum atomic E-state index is -0.519. The van der Waals surface area contributed by atoms with E-state index in [1.54, 1.807) is 11.3 Å². The summed E-state index contributed by atoms with van der Waals surface area (Å²) in [5.41, 5.74) is 0.994. The van der Waals surface area contributed by atoms with Gasteiger partial charge in [0.15, 0.2) is 0 Å². The Kier molecular flexibility index (Phi) is 3.99. The predicted octanol–water partition coefficient (Wildman–Crippen LogP) is 4.88. The van der Waals surface area contributed by atoms with Gasteiger partial charge >= 0.3 is 0 Å². The van der Waals surface area contributed by atoms with Crippen molar-refractivity contribution in [2.45, 2.75) is 13.0 Å². The van der Waals surface area contributed by atoms with Crippen molar-refractivity contribution in [3.05, 3.63) is 70.6 Å². The molecule has 0 saturated heterocycles. The van der Waals surface area contributed by atoms with Gasteiger partial charge in [0, 0.05) is 10.3 Å². The van der Waals surface area contributed by atoms with Gasteiger partial charge in [-0.05, 0) is 41.1 Å². The molecule has 0 fully saturated rings. The molecule has 0 aliphatic heterocycles. The fraction of sp³-hybridized carbons (Fsp3) is 0.176. The third-order valence-corrected chi connectivity index (χ3v) is 4.50. The number of thiophene rings is 1. The van der Waals surface area contributed by atoms with Gasteiger partial charge in [-0.1, -0.05) is 31.2 Å². The SMILES string of the molecule is CCNC(c1c(F)cccc1F)c1cccc2ccsc12. The van der Waals surface area contributed by atoms with E-state index in [0.29, 0.717) is 6.54 Å². The number of halogens is 2. The number of fused-ring (bicyclic) bond motifs is 1. The molecule has 1 unspecified atom stereocenters. The van der Waals surface area contributed by atoms with Crippen molar-refractivity contribution in [3.63, 3.8) is 0 Å². The van der Waals surface area contributed by atoms with E-state index >= 15 is 0 Å². The van der Waals surface area contributed by atoms with Crippen LogP contribution in [0.5, 0.6) is 0 Å². The number of hydrogen-bond donors (Lipinski definition) is 1. The van der Waals surface area contributed by atoms with Crippen LogP contribution in [0.25, 0.3) is 10.1 Å². The Bertz CT molecular complexity index is 746. The van der Waals surface area contributed by atoms with Crippen LogP contribution in [0.2, 0.25) is 0 Å². The minimum absolute atomic E-state index is 0.0836. The summed E-state index contributed by atoms with van der Waals surface area (Å²) >= 11 is 1.59. The summed E-state index contributed by atoms with van der Waals surface area (Å²) in [6, 6.07) is 11.4. The third kappa shape index (κ3) is 2.57. The average Bonchev–Trinajstić information content (AvgIpc) is 2.94. The molecule has 0 aliphatic carbocycles. The van der Waals surface area contributed by atoms with E-state index in [1.807, 2.05) is 36.6 Å². The lowest BCUT2D eigenvalue weighted by Crippen LogP contribution is -2.24. The molecule has 108 valence electrons. The average molecular weight is 303 g/mol. The maximum Gasteiger partial charge on any atom is 0.131 e. The van der Waals surface area contributed by atoms with Gasteiger partial charge in [-0.15, -0.1) is 11.3 Å². The highest BCUT2D eigenvalue weighted by Crippen LogP contribution is 2.34. The topological polar surface area (TPSA) is 12.0 Å². The zero-order valence-electron chi connectivity index (χ0n) is 11.6. The summed E-state index contributed by atoms with van der Waals surface area (Å²) < 4.78 is 29.4. The lowest BCUT2D eigenvalue weighted by molar-refractivity contribution is 0.512. The first kappa shape index (κ1) is 14.2. The molecule has 0 spiro atoms. The van der Waals surface area contributed by atoms with Crippen molar-refractivity contribution in [2.75, 3.05) is 6.54 Å². The summed E-state index contributed by atoms with van der Waals surface area (Å²) in [6.45, 7) is 2.56. The highest BCUT2D eigenvalue weighted by Gasteiger charge is 2.23. The Morgan fingerprint density at radius 2 is 1.76 bits per heavy atom. The first-order valence-corrected chi connectivity index (χ1v) is 7.73. The first-order valence-electron chi connectivity index (χ1n) is 6.85. The molecule has 0 saturated carbocycles. The Morgan fingerprint density at radius 1 is 1.05 bits per heavy atom. The summed E-state index contributed by atoms with van der Waals surface area (Å²) in [4.78, 5) is 0. The van der Waals surface area contributed by atoms with Crippen molar-refractivity contribution < 1.29 is 8.78 Å². The molecule has 4 heteroatoms. The first-order chi connectivity index (χ1) is 10.2. The van der Waals surface area contributed by atoms with Crippen LogP contribution >= 0.6 is 11.3 Å². The smallest absolute Gasteiger partial charge is 0.131 e. The fourth-order valence-corrected chi connectivity index (χ4v) is 3.55. The second-order valence-corrected chi connectivity index (χ2v) is 5.73. The van der Waals surface area contributed by atoms with Crippen molar-refractivity contribution in [1.82, 2.24) is 5.32 Å². The van der Waals surface area contributed by atoms with Gasteiger partial charge in [-0.3, -0.25) is 0 Å². The zero-order chi connectivity index (χ0) is 14.8. The molecular weight excluding hydrogens is 288 g/mol. The molecule has 1 atom stereocenters. The molecule has 0 amide bonds. The summed E-state index contributed by atoms with van der Waals surface area (Å²) in [5, 5.41) is 6.29. The van der Waals surface area contributed by atoms with Crippen LogP contribution in [0.4, 0.5) is 8.78 Å². The van der Waals surface area contributed by atoms with E-state index in [0.717, 1.165) is 15.6 Å². The fourth-order valence-electron chi connectivity index (χ4n) is 2.60. The van der Waals surface area contributed by atoms with Gasteiger partial charge < -0.3 is 5.32 Å².